The average molecular weight is 387 g/mol. The number of benzene rings is 1. The van der Waals surface area contributed by atoms with Crippen molar-refractivity contribution in [1.29, 1.82) is 0 Å². The fourth-order valence-electron chi connectivity index (χ4n) is 3.55. The van der Waals surface area contributed by atoms with Crippen LogP contribution in [0.2, 0.25) is 5.02 Å². The number of carbonyl (C=O) groups excluding carboxylic acids is 1. The van der Waals surface area contributed by atoms with Gasteiger partial charge in [-0.3, -0.25) is 4.79 Å². The predicted octanol–water partition coefficient (Wildman–Crippen LogP) is 3.49. The molecular formula is C18H27ClN2O3S. The molecule has 2 rings (SSSR count). The standard InChI is InChI=1S/C18H27ClN2O3S/c1-5-21(6-2)25(23,24)17-10-15(7-8-16(17)19)18(22)20-11-13(3)9-14(4)12-20/h7-8,10,13-14H,5-6,9,11-12H2,1-4H3/t13-,14+. The van der Waals surface area contributed by atoms with Crippen LogP contribution in [-0.2, 0) is 10.0 Å². The van der Waals surface area contributed by atoms with Crippen LogP contribution < -0.4 is 0 Å². The van der Waals surface area contributed by atoms with Crippen LogP contribution in [0.1, 0.15) is 44.5 Å². The molecule has 1 fully saturated rings. The number of amides is 1. The summed E-state index contributed by atoms with van der Waals surface area (Å²) in [4.78, 5) is 14.7. The molecule has 1 aliphatic heterocycles. The van der Waals surface area contributed by atoms with Crippen LogP contribution >= 0.6 is 11.6 Å². The molecule has 2 atom stereocenters. The van der Waals surface area contributed by atoms with Gasteiger partial charge in [0, 0.05) is 31.7 Å². The summed E-state index contributed by atoms with van der Waals surface area (Å²) in [5.41, 5.74) is 0.372. The van der Waals surface area contributed by atoms with E-state index in [1.54, 1.807) is 19.9 Å². The molecule has 0 radical (unpaired) electrons. The number of rotatable bonds is 5. The van der Waals surface area contributed by atoms with Crippen molar-refractivity contribution in [2.75, 3.05) is 26.2 Å². The van der Waals surface area contributed by atoms with Gasteiger partial charge < -0.3 is 4.90 Å². The van der Waals surface area contributed by atoms with E-state index in [1.165, 1.54) is 16.4 Å². The Morgan fingerprint density at radius 3 is 2.28 bits per heavy atom. The highest BCUT2D eigenvalue weighted by molar-refractivity contribution is 7.89. The van der Waals surface area contributed by atoms with Gasteiger partial charge in [-0.25, -0.2) is 8.42 Å². The molecule has 1 aliphatic rings. The first-order valence-electron chi connectivity index (χ1n) is 8.79. The molecule has 1 heterocycles. The molecule has 0 bridgehead atoms. The van der Waals surface area contributed by atoms with Crippen LogP contribution in [0.3, 0.4) is 0 Å². The third-order valence-corrected chi connectivity index (χ3v) is 7.19. The summed E-state index contributed by atoms with van der Waals surface area (Å²) in [6.07, 6.45) is 1.10. The molecule has 1 saturated heterocycles. The summed E-state index contributed by atoms with van der Waals surface area (Å²) in [5.74, 6) is 0.754. The van der Waals surface area contributed by atoms with Gasteiger partial charge in [0.2, 0.25) is 10.0 Å². The van der Waals surface area contributed by atoms with Gasteiger partial charge >= 0.3 is 0 Å². The first-order valence-corrected chi connectivity index (χ1v) is 10.6. The van der Waals surface area contributed by atoms with E-state index in [0.29, 0.717) is 43.6 Å². The minimum atomic E-state index is -3.71. The van der Waals surface area contributed by atoms with Gasteiger partial charge in [-0.2, -0.15) is 4.31 Å². The van der Waals surface area contributed by atoms with E-state index in [0.717, 1.165) is 6.42 Å². The molecule has 7 heteroatoms. The van der Waals surface area contributed by atoms with E-state index < -0.39 is 10.0 Å². The van der Waals surface area contributed by atoms with Crippen LogP contribution in [0.4, 0.5) is 0 Å². The zero-order chi connectivity index (χ0) is 18.8. The lowest BCUT2D eigenvalue weighted by molar-refractivity contribution is 0.0623. The number of halogens is 1. The molecule has 1 aromatic carbocycles. The Morgan fingerprint density at radius 2 is 1.76 bits per heavy atom. The molecule has 1 aromatic rings. The summed E-state index contributed by atoms with van der Waals surface area (Å²) < 4.78 is 26.9. The van der Waals surface area contributed by atoms with Gasteiger partial charge in [-0.1, -0.05) is 39.3 Å². The maximum absolute atomic E-state index is 12.9. The maximum atomic E-state index is 12.9. The quantitative estimate of drug-likeness (QED) is 0.778. The molecule has 5 nitrogen and oxygen atoms in total. The van der Waals surface area contributed by atoms with Crippen LogP contribution in [0.15, 0.2) is 23.1 Å². The number of carbonyl (C=O) groups is 1. The Morgan fingerprint density at radius 1 is 1.20 bits per heavy atom. The van der Waals surface area contributed by atoms with Crippen molar-refractivity contribution >= 4 is 27.5 Å². The van der Waals surface area contributed by atoms with Gasteiger partial charge in [0.1, 0.15) is 4.90 Å². The normalized spacial score (nSPS) is 21.6. The van der Waals surface area contributed by atoms with Crippen molar-refractivity contribution in [2.24, 2.45) is 11.8 Å². The van der Waals surface area contributed by atoms with Crippen molar-refractivity contribution in [1.82, 2.24) is 9.21 Å². The summed E-state index contributed by atoms with van der Waals surface area (Å²) in [6.45, 7) is 9.93. The van der Waals surface area contributed by atoms with Crippen LogP contribution in [0.5, 0.6) is 0 Å². The van der Waals surface area contributed by atoms with Gasteiger partial charge in [-0.15, -0.1) is 0 Å². The molecule has 25 heavy (non-hydrogen) atoms. The Balaban J connectivity index is 2.37. The van der Waals surface area contributed by atoms with E-state index in [2.05, 4.69) is 13.8 Å². The van der Waals surface area contributed by atoms with Crippen molar-refractivity contribution in [3.63, 3.8) is 0 Å². The van der Waals surface area contributed by atoms with E-state index in [4.69, 9.17) is 11.6 Å². The van der Waals surface area contributed by atoms with Crippen molar-refractivity contribution in [2.45, 2.75) is 39.0 Å². The molecule has 140 valence electrons. The lowest BCUT2D eigenvalue weighted by Crippen LogP contribution is -2.42. The second kappa shape index (κ2) is 8.06. The Bertz CT molecular complexity index is 722. The topological polar surface area (TPSA) is 57.7 Å². The van der Waals surface area contributed by atoms with Crippen molar-refractivity contribution in [3.05, 3.63) is 28.8 Å². The minimum Gasteiger partial charge on any atom is -0.338 e. The van der Waals surface area contributed by atoms with Crippen LogP contribution in [-0.4, -0.2) is 49.7 Å². The fraction of sp³-hybridized carbons (Fsp3) is 0.611. The highest BCUT2D eigenvalue weighted by Gasteiger charge is 2.29. The lowest BCUT2D eigenvalue weighted by atomic mass is 9.91. The van der Waals surface area contributed by atoms with Gasteiger partial charge in [0.25, 0.3) is 5.91 Å². The van der Waals surface area contributed by atoms with E-state index >= 15 is 0 Å². The summed E-state index contributed by atoms with van der Waals surface area (Å²) in [5, 5.41) is 0.142. The monoisotopic (exact) mass is 386 g/mol. The van der Waals surface area contributed by atoms with Gasteiger partial charge in [0.15, 0.2) is 0 Å². The zero-order valence-electron chi connectivity index (χ0n) is 15.3. The fourth-order valence-corrected chi connectivity index (χ4v) is 5.51. The first kappa shape index (κ1) is 20.2. The molecule has 0 aromatic heterocycles. The van der Waals surface area contributed by atoms with E-state index in [9.17, 15) is 13.2 Å². The molecule has 0 saturated carbocycles. The lowest BCUT2D eigenvalue weighted by Gasteiger charge is -2.35. The number of piperidine rings is 1. The predicted molar refractivity (Wildman–Crippen MR) is 100 cm³/mol. The number of nitrogens with zero attached hydrogens (tertiary/aromatic N) is 2. The molecule has 0 N–H and O–H groups in total. The van der Waals surface area contributed by atoms with Crippen LogP contribution in [0, 0.1) is 11.8 Å². The highest BCUT2D eigenvalue weighted by Crippen LogP contribution is 2.28. The Kier molecular flexibility index (Phi) is 6.51. The average Bonchev–Trinajstić information content (AvgIpc) is 2.54. The summed E-state index contributed by atoms with van der Waals surface area (Å²) >= 11 is 6.14. The van der Waals surface area contributed by atoms with E-state index in [1.807, 2.05) is 4.90 Å². The minimum absolute atomic E-state index is 0.00169. The number of likely N-dealkylation sites (tertiary alicyclic amines) is 1. The Hall–Kier alpha value is -1.11. The molecule has 1 amide bonds. The Labute approximate surface area is 156 Å². The van der Waals surface area contributed by atoms with Gasteiger partial charge in [0.05, 0.1) is 5.02 Å². The smallest absolute Gasteiger partial charge is 0.253 e. The molecule has 0 unspecified atom stereocenters. The summed E-state index contributed by atoms with van der Waals surface area (Å²) in [6, 6.07) is 4.53. The highest BCUT2D eigenvalue weighted by atomic mass is 35.5. The second-order valence-corrected chi connectivity index (χ2v) is 9.20. The van der Waals surface area contributed by atoms with Crippen molar-refractivity contribution in [3.8, 4) is 0 Å². The third-order valence-electron chi connectivity index (χ3n) is 4.66. The SMILES string of the molecule is CCN(CC)S(=O)(=O)c1cc(C(=O)N2C[C@H](C)C[C@H](C)C2)ccc1Cl. The second-order valence-electron chi connectivity index (χ2n) is 6.89. The van der Waals surface area contributed by atoms with E-state index in [-0.39, 0.29) is 15.8 Å². The van der Waals surface area contributed by atoms with Gasteiger partial charge in [-0.05, 0) is 36.5 Å². The number of hydrogen-bond acceptors (Lipinski definition) is 3. The first-order chi connectivity index (χ1) is 11.7. The largest absolute Gasteiger partial charge is 0.338 e. The molecule has 0 spiro atoms. The molecular weight excluding hydrogens is 360 g/mol. The van der Waals surface area contributed by atoms with Crippen molar-refractivity contribution < 1.29 is 13.2 Å². The molecule has 0 aliphatic carbocycles. The number of sulfonamides is 1. The number of hydrogen-bond donors (Lipinski definition) is 0. The maximum Gasteiger partial charge on any atom is 0.253 e. The van der Waals surface area contributed by atoms with Crippen LogP contribution in [0.25, 0.3) is 0 Å². The summed E-state index contributed by atoms with van der Waals surface area (Å²) in [7, 11) is -3.71. The zero-order valence-corrected chi connectivity index (χ0v) is 16.9. The third kappa shape index (κ3) is 4.36.